The van der Waals surface area contributed by atoms with E-state index in [1.807, 2.05) is 13.8 Å². The second kappa shape index (κ2) is 6.80. The van der Waals surface area contributed by atoms with Crippen LogP contribution in [0.2, 0.25) is 0 Å². The van der Waals surface area contributed by atoms with Crippen molar-refractivity contribution >= 4 is 21.8 Å². The Hall–Kier alpha value is -1.23. The minimum atomic E-state index is -0.270. The molecule has 1 atom stereocenters. The molecular weight excluding hydrogens is 310 g/mol. The number of carbonyl (C=O) groups excluding carboxylic acids is 1. The van der Waals surface area contributed by atoms with Gasteiger partial charge in [0.2, 0.25) is 0 Å². The Kier molecular flexibility index (Phi) is 5.66. The fraction of sp³-hybridized carbons (Fsp3) is 0.500. The van der Waals surface area contributed by atoms with E-state index >= 15 is 0 Å². The summed E-state index contributed by atoms with van der Waals surface area (Å²) in [7, 11) is 3.12. The van der Waals surface area contributed by atoms with Gasteiger partial charge < -0.3 is 14.8 Å². The summed E-state index contributed by atoms with van der Waals surface area (Å²) in [5.74, 6) is 1.06. The van der Waals surface area contributed by atoms with Gasteiger partial charge in [0.05, 0.1) is 14.2 Å². The number of hydrogen-bond acceptors (Lipinski definition) is 3. The molecular formula is C14H20BrNO3. The highest BCUT2D eigenvalue weighted by atomic mass is 79.9. The number of methoxy groups -OCH3 is 2. The van der Waals surface area contributed by atoms with E-state index in [1.165, 1.54) is 0 Å². The van der Waals surface area contributed by atoms with Crippen molar-refractivity contribution in [3.8, 4) is 11.5 Å². The molecule has 1 aromatic carbocycles. The molecule has 106 valence electrons. The van der Waals surface area contributed by atoms with Crippen LogP contribution in [0.15, 0.2) is 18.2 Å². The Labute approximate surface area is 122 Å². The lowest BCUT2D eigenvalue weighted by Gasteiger charge is -2.27. The summed E-state index contributed by atoms with van der Waals surface area (Å²) in [5.41, 5.74) is 0.254. The molecule has 1 rings (SSSR count). The second-order valence-corrected chi connectivity index (χ2v) is 5.16. The summed E-state index contributed by atoms with van der Waals surface area (Å²) >= 11 is 3.43. The molecule has 0 saturated carbocycles. The third-order valence-electron chi connectivity index (χ3n) is 3.10. The monoisotopic (exact) mass is 329 g/mol. The van der Waals surface area contributed by atoms with Crippen molar-refractivity contribution in [3.05, 3.63) is 23.8 Å². The molecule has 1 amide bonds. The standard InChI is InChI=1S/C14H20BrNO3/c1-5-14(2,9-15)16-13(17)10-6-11(18-3)8-12(7-10)19-4/h6-8H,5,9H2,1-4H3,(H,16,17). The second-order valence-electron chi connectivity index (χ2n) is 4.60. The van der Waals surface area contributed by atoms with Crippen molar-refractivity contribution in [2.45, 2.75) is 25.8 Å². The first-order chi connectivity index (χ1) is 8.97. The molecule has 0 spiro atoms. The van der Waals surface area contributed by atoms with Crippen molar-refractivity contribution in [1.29, 1.82) is 0 Å². The maximum absolute atomic E-state index is 12.3. The Morgan fingerprint density at radius 3 is 2.16 bits per heavy atom. The highest BCUT2D eigenvalue weighted by Gasteiger charge is 2.23. The number of nitrogens with one attached hydrogen (secondary N) is 1. The van der Waals surface area contributed by atoms with E-state index in [0.717, 1.165) is 6.42 Å². The van der Waals surface area contributed by atoms with Gasteiger partial charge in [0, 0.05) is 22.5 Å². The molecule has 1 aromatic rings. The Balaban J connectivity index is 2.99. The Morgan fingerprint density at radius 2 is 1.79 bits per heavy atom. The lowest BCUT2D eigenvalue weighted by atomic mass is 10.0. The summed E-state index contributed by atoms with van der Waals surface area (Å²) < 4.78 is 10.3. The molecule has 1 unspecified atom stereocenters. The van der Waals surface area contributed by atoms with Gasteiger partial charge in [0.25, 0.3) is 5.91 Å². The summed E-state index contributed by atoms with van der Waals surface area (Å²) in [5, 5.41) is 3.71. The van der Waals surface area contributed by atoms with E-state index in [2.05, 4.69) is 21.2 Å². The molecule has 0 heterocycles. The number of alkyl halides is 1. The van der Waals surface area contributed by atoms with Crippen LogP contribution in [0.4, 0.5) is 0 Å². The van der Waals surface area contributed by atoms with E-state index in [4.69, 9.17) is 9.47 Å². The lowest BCUT2D eigenvalue weighted by molar-refractivity contribution is 0.0912. The summed E-state index contributed by atoms with van der Waals surface area (Å²) in [4.78, 5) is 12.3. The molecule has 0 aliphatic carbocycles. The molecule has 0 aliphatic heterocycles. The minimum absolute atomic E-state index is 0.138. The number of hydrogen-bond donors (Lipinski definition) is 1. The molecule has 0 aliphatic rings. The summed E-state index contributed by atoms with van der Waals surface area (Å²) in [6.45, 7) is 4.03. The van der Waals surface area contributed by atoms with Gasteiger partial charge >= 0.3 is 0 Å². The minimum Gasteiger partial charge on any atom is -0.497 e. The quantitative estimate of drug-likeness (QED) is 0.816. The fourth-order valence-electron chi connectivity index (χ4n) is 1.50. The van der Waals surface area contributed by atoms with E-state index in [9.17, 15) is 4.79 Å². The van der Waals surface area contributed by atoms with E-state index < -0.39 is 0 Å². The third kappa shape index (κ3) is 4.13. The first kappa shape index (κ1) is 15.8. The summed E-state index contributed by atoms with van der Waals surface area (Å²) in [6.07, 6.45) is 0.838. The highest BCUT2D eigenvalue weighted by Crippen LogP contribution is 2.23. The van der Waals surface area contributed by atoms with Gasteiger partial charge in [-0.15, -0.1) is 0 Å². The molecule has 19 heavy (non-hydrogen) atoms. The maximum Gasteiger partial charge on any atom is 0.252 e. The van der Waals surface area contributed by atoms with Gasteiger partial charge in [0.15, 0.2) is 0 Å². The van der Waals surface area contributed by atoms with Crippen molar-refractivity contribution in [2.24, 2.45) is 0 Å². The molecule has 4 nitrogen and oxygen atoms in total. The molecule has 1 N–H and O–H groups in total. The largest absolute Gasteiger partial charge is 0.497 e. The first-order valence-corrected chi connectivity index (χ1v) is 7.21. The maximum atomic E-state index is 12.3. The number of ether oxygens (including phenoxy) is 2. The zero-order valence-electron chi connectivity index (χ0n) is 11.7. The van der Waals surface area contributed by atoms with Crippen molar-refractivity contribution in [1.82, 2.24) is 5.32 Å². The average Bonchev–Trinajstić information content (AvgIpc) is 2.46. The van der Waals surface area contributed by atoms with Crippen LogP contribution in [-0.2, 0) is 0 Å². The first-order valence-electron chi connectivity index (χ1n) is 6.09. The average molecular weight is 330 g/mol. The van der Waals surface area contributed by atoms with Crippen molar-refractivity contribution in [3.63, 3.8) is 0 Å². The molecule has 5 heteroatoms. The van der Waals surface area contributed by atoms with Crippen molar-refractivity contribution in [2.75, 3.05) is 19.5 Å². The van der Waals surface area contributed by atoms with Crippen LogP contribution in [-0.4, -0.2) is 31.0 Å². The van der Waals surface area contributed by atoms with Gasteiger partial charge in [-0.1, -0.05) is 22.9 Å². The van der Waals surface area contributed by atoms with Gasteiger partial charge in [-0.3, -0.25) is 4.79 Å². The van der Waals surface area contributed by atoms with Crippen molar-refractivity contribution < 1.29 is 14.3 Å². The number of amides is 1. The molecule has 0 saturated heterocycles. The number of halogens is 1. The topological polar surface area (TPSA) is 47.6 Å². The molecule has 0 aromatic heterocycles. The van der Waals surface area contributed by atoms with Gasteiger partial charge in [-0.25, -0.2) is 0 Å². The van der Waals surface area contributed by atoms with Crippen LogP contribution in [0, 0.1) is 0 Å². The Morgan fingerprint density at radius 1 is 1.26 bits per heavy atom. The van der Waals surface area contributed by atoms with Gasteiger partial charge in [0.1, 0.15) is 11.5 Å². The Bertz CT molecular complexity index is 422. The van der Waals surface area contributed by atoms with E-state index in [1.54, 1.807) is 32.4 Å². The zero-order chi connectivity index (χ0) is 14.5. The predicted octanol–water partition coefficient (Wildman–Crippen LogP) is 3.00. The van der Waals surface area contributed by atoms with Crippen LogP contribution in [0.25, 0.3) is 0 Å². The van der Waals surface area contributed by atoms with Crippen LogP contribution < -0.4 is 14.8 Å². The molecule has 0 bridgehead atoms. The summed E-state index contributed by atoms with van der Waals surface area (Å²) in [6, 6.07) is 5.13. The number of rotatable bonds is 6. The number of carbonyl (C=O) groups is 1. The third-order valence-corrected chi connectivity index (χ3v) is 4.34. The predicted molar refractivity (Wildman–Crippen MR) is 79.5 cm³/mol. The van der Waals surface area contributed by atoms with Crippen LogP contribution in [0.3, 0.4) is 0 Å². The molecule has 0 radical (unpaired) electrons. The van der Waals surface area contributed by atoms with E-state index in [0.29, 0.717) is 22.4 Å². The van der Waals surface area contributed by atoms with Crippen LogP contribution >= 0.6 is 15.9 Å². The zero-order valence-corrected chi connectivity index (χ0v) is 13.3. The van der Waals surface area contributed by atoms with Crippen LogP contribution in [0.5, 0.6) is 11.5 Å². The lowest BCUT2D eigenvalue weighted by Crippen LogP contribution is -2.46. The van der Waals surface area contributed by atoms with Gasteiger partial charge in [-0.2, -0.15) is 0 Å². The molecule has 0 fully saturated rings. The SMILES string of the molecule is CCC(C)(CBr)NC(=O)c1cc(OC)cc(OC)c1. The van der Waals surface area contributed by atoms with E-state index in [-0.39, 0.29) is 11.4 Å². The smallest absolute Gasteiger partial charge is 0.252 e. The normalized spacial score (nSPS) is 13.5. The van der Waals surface area contributed by atoms with Gasteiger partial charge in [-0.05, 0) is 25.5 Å². The highest BCUT2D eigenvalue weighted by molar-refractivity contribution is 9.09. The number of benzene rings is 1. The van der Waals surface area contributed by atoms with Crippen LogP contribution in [0.1, 0.15) is 30.6 Å². The fourth-order valence-corrected chi connectivity index (χ4v) is 2.04.